The molecule has 0 aromatic heterocycles. The summed E-state index contributed by atoms with van der Waals surface area (Å²) in [6, 6.07) is 10.4. The molecule has 0 amide bonds. The van der Waals surface area contributed by atoms with Gasteiger partial charge in [0.05, 0.1) is 0 Å². The molecule has 2 saturated carbocycles. The van der Waals surface area contributed by atoms with Gasteiger partial charge in [-0.05, 0) is 54.7 Å². The fourth-order valence-electron chi connectivity index (χ4n) is 3.85. The van der Waals surface area contributed by atoms with Crippen molar-refractivity contribution in [3.05, 3.63) is 34.3 Å². The van der Waals surface area contributed by atoms with Crippen molar-refractivity contribution in [2.75, 3.05) is 0 Å². The average molecular weight is 336 g/mol. The number of benzene rings is 1. The van der Waals surface area contributed by atoms with E-state index >= 15 is 0 Å². The van der Waals surface area contributed by atoms with Crippen LogP contribution in [0.2, 0.25) is 0 Å². The lowest BCUT2D eigenvalue weighted by Crippen LogP contribution is -2.52. The summed E-state index contributed by atoms with van der Waals surface area (Å²) in [6.45, 7) is 4.88. The highest BCUT2D eigenvalue weighted by atomic mass is 79.9. The topological polar surface area (TPSA) is 12.0 Å². The van der Waals surface area contributed by atoms with Crippen molar-refractivity contribution in [1.29, 1.82) is 0 Å². The second-order valence-electron chi connectivity index (χ2n) is 7.37. The SMILES string of the molecule is CC1(C)CCCCC1NC1CC(c2ccc(Br)cc2)C1. The van der Waals surface area contributed by atoms with Gasteiger partial charge in [0.25, 0.3) is 0 Å². The highest BCUT2D eigenvalue weighted by molar-refractivity contribution is 9.10. The van der Waals surface area contributed by atoms with Crippen LogP contribution in [0.25, 0.3) is 0 Å². The normalized spacial score (nSPS) is 32.6. The van der Waals surface area contributed by atoms with Crippen LogP contribution in [0.5, 0.6) is 0 Å². The minimum atomic E-state index is 0.487. The zero-order valence-electron chi connectivity index (χ0n) is 12.7. The monoisotopic (exact) mass is 335 g/mol. The molecule has 1 aromatic rings. The molecule has 2 heteroatoms. The molecule has 20 heavy (non-hydrogen) atoms. The van der Waals surface area contributed by atoms with Crippen molar-refractivity contribution in [1.82, 2.24) is 5.32 Å². The van der Waals surface area contributed by atoms with Gasteiger partial charge in [0, 0.05) is 16.6 Å². The van der Waals surface area contributed by atoms with Crippen LogP contribution in [-0.2, 0) is 0 Å². The van der Waals surface area contributed by atoms with E-state index in [-0.39, 0.29) is 0 Å². The van der Waals surface area contributed by atoms with E-state index in [9.17, 15) is 0 Å². The molecule has 0 spiro atoms. The lowest BCUT2D eigenvalue weighted by Gasteiger charge is -2.45. The smallest absolute Gasteiger partial charge is 0.0175 e. The largest absolute Gasteiger partial charge is 0.311 e. The van der Waals surface area contributed by atoms with Crippen LogP contribution in [0.3, 0.4) is 0 Å². The Labute approximate surface area is 131 Å². The highest BCUT2D eigenvalue weighted by Crippen LogP contribution is 2.41. The summed E-state index contributed by atoms with van der Waals surface area (Å²) >= 11 is 3.51. The zero-order chi connectivity index (χ0) is 14.2. The molecule has 2 aliphatic rings. The molecule has 1 aromatic carbocycles. The van der Waals surface area contributed by atoms with E-state index in [0.717, 1.165) is 18.0 Å². The summed E-state index contributed by atoms with van der Waals surface area (Å²) in [6.07, 6.45) is 8.20. The third kappa shape index (κ3) is 3.12. The zero-order valence-corrected chi connectivity index (χ0v) is 14.2. The Morgan fingerprint density at radius 1 is 1.10 bits per heavy atom. The first kappa shape index (κ1) is 14.6. The fraction of sp³-hybridized carbons (Fsp3) is 0.667. The third-order valence-corrected chi connectivity index (χ3v) is 5.95. The average Bonchev–Trinajstić information content (AvgIpc) is 2.36. The molecule has 0 bridgehead atoms. The number of hydrogen-bond donors (Lipinski definition) is 1. The lowest BCUT2D eigenvalue weighted by molar-refractivity contribution is 0.130. The minimum absolute atomic E-state index is 0.487. The van der Waals surface area contributed by atoms with E-state index < -0.39 is 0 Å². The molecule has 0 radical (unpaired) electrons. The van der Waals surface area contributed by atoms with E-state index in [1.807, 2.05) is 0 Å². The molecule has 1 nitrogen and oxygen atoms in total. The van der Waals surface area contributed by atoms with Crippen LogP contribution in [0.1, 0.15) is 63.9 Å². The Bertz CT molecular complexity index is 445. The molecule has 2 fully saturated rings. The molecule has 1 atom stereocenters. The van der Waals surface area contributed by atoms with Gasteiger partial charge >= 0.3 is 0 Å². The van der Waals surface area contributed by atoms with Crippen LogP contribution in [0.4, 0.5) is 0 Å². The number of rotatable bonds is 3. The van der Waals surface area contributed by atoms with E-state index in [4.69, 9.17) is 0 Å². The molecule has 1 N–H and O–H groups in total. The lowest BCUT2D eigenvalue weighted by atomic mass is 9.70. The summed E-state index contributed by atoms with van der Waals surface area (Å²) in [5.41, 5.74) is 2.00. The van der Waals surface area contributed by atoms with Gasteiger partial charge in [-0.1, -0.05) is 54.8 Å². The van der Waals surface area contributed by atoms with Crippen LogP contribution < -0.4 is 5.32 Å². The number of nitrogens with one attached hydrogen (secondary N) is 1. The second-order valence-corrected chi connectivity index (χ2v) is 8.29. The Morgan fingerprint density at radius 2 is 1.80 bits per heavy atom. The summed E-state index contributed by atoms with van der Waals surface area (Å²) in [5, 5.41) is 3.95. The number of halogens is 1. The molecule has 1 unspecified atom stereocenters. The molecular formula is C18H26BrN. The van der Waals surface area contributed by atoms with Crippen LogP contribution in [0.15, 0.2) is 28.7 Å². The first-order chi connectivity index (χ1) is 9.54. The van der Waals surface area contributed by atoms with Gasteiger partial charge in [0.2, 0.25) is 0 Å². The first-order valence-corrected chi connectivity index (χ1v) is 8.85. The van der Waals surface area contributed by atoms with Gasteiger partial charge in [0.15, 0.2) is 0 Å². The van der Waals surface area contributed by atoms with Gasteiger partial charge in [-0.2, -0.15) is 0 Å². The van der Waals surface area contributed by atoms with Crippen molar-refractivity contribution in [2.24, 2.45) is 5.41 Å². The predicted octanol–water partition coefficient (Wildman–Crippen LogP) is 5.25. The quantitative estimate of drug-likeness (QED) is 0.794. The van der Waals surface area contributed by atoms with E-state index in [1.165, 1.54) is 48.6 Å². The maximum atomic E-state index is 3.95. The van der Waals surface area contributed by atoms with E-state index in [0.29, 0.717) is 5.41 Å². The Balaban J connectivity index is 1.52. The van der Waals surface area contributed by atoms with Crippen molar-refractivity contribution < 1.29 is 0 Å². The fourth-order valence-corrected chi connectivity index (χ4v) is 4.11. The summed E-state index contributed by atoms with van der Waals surface area (Å²) in [4.78, 5) is 0. The predicted molar refractivity (Wildman–Crippen MR) is 89.1 cm³/mol. The summed E-state index contributed by atoms with van der Waals surface area (Å²) in [7, 11) is 0. The maximum Gasteiger partial charge on any atom is 0.0175 e. The van der Waals surface area contributed by atoms with Crippen LogP contribution >= 0.6 is 15.9 Å². The highest BCUT2D eigenvalue weighted by Gasteiger charge is 2.37. The number of hydrogen-bond acceptors (Lipinski definition) is 1. The van der Waals surface area contributed by atoms with Crippen LogP contribution in [0, 0.1) is 5.41 Å². The second kappa shape index (κ2) is 5.81. The molecule has 0 saturated heterocycles. The first-order valence-electron chi connectivity index (χ1n) is 8.06. The molecule has 0 heterocycles. The van der Waals surface area contributed by atoms with E-state index in [1.54, 1.807) is 0 Å². The van der Waals surface area contributed by atoms with Gasteiger partial charge in [-0.15, -0.1) is 0 Å². The summed E-state index contributed by atoms with van der Waals surface area (Å²) < 4.78 is 1.18. The molecular weight excluding hydrogens is 310 g/mol. The van der Waals surface area contributed by atoms with Gasteiger partial charge in [-0.25, -0.2) is 0 Å². The van der Waals surface area contributed by atoms with Gasteiger partial charge in [-0.3, -0.25) is 0 Å². The Morgan fingerprint density at radius 3 is 2.45 bits per heavy atom. The van der Waals surface area contributed by atoms with Crippen molar-refractivity contribution >= 4 is 15.9 Å². The molecule has 3 rings (SSSR count). The standard InChI is InChI=1S/C18H26BrN/c1-18(2)10-4-3-5-17(18)20-16-11-14(12-16)13-6-8-15(19)9-7-13/h6-9,14,16-17,20H,3-5,10-12H2,1-2H3. The summed E-state index contributed by atoms with van der Waals surface area (Å²) in [5.74, 6) is 0.771. The molecule has 0 aliphatic heterocycles. The van der Waals surface area contributed by atoms with Gasteiger partial charge in [0.1, 0.15) is 0 Å². The van der Waals surface area contributed by atoms with Crippen molar-refractivity contribution in [3.63, 3.8) is 0 Å². The minimum Gasteiger partial charge on any atom is -0.311 e. The van der Waals surface area contributed by atoms with Crippen molar-refractivity contribution in [3.8, 4) is 0 Å². The molecule has 110 valence electrons. The maximum absolute atomic E-state index is 3.95. The Hall–Kier alpha value is -0.340. The Kier molecular flexibility index (Phi) is 4.24. The van der Waals surface area contributed by atoms with Crippen LogP contribution in [-0.4, -0.2) is 12.1 Å². The van der Waals surface area contributed by atoms with Crippen molar-refractivity contribution in [2.45, 2.75) is 70.4 Å². The van der Waals surface area contributed by atoms with E-state index in [2.05, 4.69) is 59.4 Å². The third-order valence-electron chi connectivity index (χ3n) is 5.42. The van der Waals surface area contributed by atoms with Gasteiger partial charge < -0.3 is 5.32 Å². The molecule has 2 aliphatic carbocycles.